The zero-order valence-corrected chi connectivity index (χ0v) is 16.1. The summed E-state index contributed by atoms with van der Waals surface area (Å²) in [6.45, 7) is 6.16. The fourth-order valence-corrected chi connectivity index (χ4v) is 3.32. The Morgan fingerprint density at radius 3 is 2.67 bits per heavy atom. The molecule has 0 saturated heterocycles. The number of benzene rings is 2. The van der Waals surface area contributed by atoms with E-state index in [1.807, 2.05) is 26.0 Å². The number of aldehydes is 1. The van der Waals surface area contributed by atoms with Crippen LogP contribution in [0.15, 0.2) is 36.4 Å². The normalized spacial score (nSPS) is 12.1. The van der Waals surface area contributed by atoms with Crippen LogP contribution in [-0.4, -0.2) is 28.0 Å². The number of halogens is 1. The maximum Gasteiger partial charge on any atom is 0.335 e. The Morgan fingerprint density at radius 2 is 2.00 bits per heavy atom. The van der Waals surface area contributed by atoms with Crippen molar-refractivity contribution in [3.63, 3.8) is 0 Å². The van der Waals surface area contributed by atoms with Crippen LogP contribution >= 0.6 is 11.6 Å². The number of aromatic nitrogens is 1. The third-order valence-electron chi connectivity index (χ3n) is 4.75. The van der Waals surface area contributed by atoms with Gasteiger partial charge in [0.05, 0.1) is 5.56 Å². The first-order chi connectivity index (χ1) is 12.8. The van der Waals surface area contributed by atoms with Crippen molar-refractivity contribution in [2.75, 3.05) is 0 Å². The smallest absolute Gasteiger partial charge is 0.335 e. The molecule has 0 aliphatic rings. The average molecular weight is 386 g/mol. The molecule has 5 nitrogen and oxygen atoms in total. The summed E-state index contributed by atoms with van der Waals surface area (Å²) in [7, 11) is 0. The summed E-state index contributed by atoms with van der Waals surface area (Å²) in [5, 5.41) is 10.7. The quantitative estimate of drug-likeness (QED) is 0.628. The molecule has 0 amide bonds. The number of nitrogens with zero attached hydrogens (tertiary/aromatic N) is 1. The molecule has 0 radical (unpaired) electrons. The van der Waals surface area contributed by atoms with E-state index in [9.17, 15) is 14.7 Å². The second kappa shape index (κ2) is 7.45. The highest BCUT2D eigenvalue weighted by Crippen LogP contribution is 2.30. The van der Waals surface area contributed by atoms with Gasteiger partial charge in [0.15, 0.2) is 12.4 Å². The zero-order chi connectivity index (χ0) is 19.7. The number of aryl methyl sites for hydroxylation is 1. The van der Waals surface area contributed by atoms with Crippen molar-refractivity contribution in [3.8, 4) is 5.75 Å². The number of rotatable bonds is 6. The molecule has 0 bridgehead atoms. The van der Waals surface area contributed by atoms with E-state index in [2.05, 4.69) is 4.57 Å². The van der Waals surface area contributed by atoms with Gasteiger partial charge in [-0.3, -0.25) is 4.79 Å². The van der Waals surface area contributed by atoms with Gasteiger partial charge in [-0.1, -0.05) is 11.6 Å². The third-order valence-corrected chi connectivity index (χ3v) is 5.11. The Morgan fingerprint density at radius 1 is 1.26 bits per heavy atom. The van der Waals surface area contributed by atoms with Gasteiger partial charge in [-0.05, 0) is 68.3 Å². The topological polar surface area (TPSA) is 68.5 Å². The van der Waals surface area contributed by atoms with Crippen molar-refractivity contribution in [2.24, 2.45) is 0 Å². The predicted octanol–water partition coefficient (Wildman–Crippen LogP) is 4.62. The SMILES string of the molecule is Cc1c(C)n(Cc2cc(O[C@@H](C)C=O)ccc2Cl)c2ccc(C(=O)O)cc12. The number of hydrogen-bond donors (Lipinski definition) is 1. The summed E-state index contributed by atoms with van der Waals surface area (Å²) in [4.78, 5) is 22.1. The van der Waals surface area contributed by atoms with E-state index >= 15 is 0 Å². The molecule has 1 atom stereocenters. The highest BCUT2D eigenvalue weighted by molar-refractivity contribution is 6.31. The molecule has 6 heteroatoms. The summed E-state index contributed by atoms with van der Waals surface area (Å²) in [6.07, 6.45) is 0.200. The average Bonchev–Trinajstić information content (AvgIpc) is 2.88. The molecule has 1 aromatic heterocycles. The Kier molecular flexibility index (Phi) is 5.24. The molecule has 1 heterocycles. The lowest BCUT2D eigenvalue weighted by Crippen LogP contribution is -2.13. The molecule has 27 heavy (non-hydrogen) atoms. The largest absolute Gasteiger partial charge is 0.483 e. The first-order valence-corrected chi connectivity index (χ1v) is 8.92. The van der Waals surface area contributed by atoms with Crippen molar-refractivity contribution in [1.29, 1.82) is 0 Å². The number of carboxylic acids is 1. The molecule has 140 valence electrons. The zero-order valence-electron chi connectivity index (χ0n) is 15.3. The molecular weight excluding hydrogens is 366 g/mol. The number of carbonyl (C=O) groups is 2. The van der Waals surface area contributed by atoms with Crippen LogP contribution in [0, 0.1) is 13.8 Å². The summed E-state index contributed by atoms with van der Waals surface area (Å²) in [5.41, 5.74) is 4.13. The van der Waals surface area contributed by atoms with Crippen LogP contribution in [0.5, 0.6) is 5.75 Å². The van der Waals surface area contributed by atoms with Crippen LogP contribution in [-0.2, 0) is 11.3 Å². The third kappa shape index (κ3) is 3.69. The number of carboxylic acid groups (broad SMARTS) is 1. The maximum absolute atomic E-state index is 11.3. The lowest BCUT2D eigenvalue weighted by atomic mass is 10.1. The molecule has 0 unspecified atom stereocenters. The Labute approximate surface area is 162 Å². The summed E-state index contributed by atoms with van der Waals surface area (Å²) >= 11 is 6.38. The van der Waals surface area contributed by atoms with Crippen LogP contribution in [0.1, 0.15) is 34.1 Å². The van der Waals surface area contributed by atoms with Gasteiger partial charge < -0.3 is 14.4 Å². The van der Waals surface area contributed by atoms with E-state index in [-0.39, 0.29) is 5.56 Å². The fraction of sp³-hybridized carbons (Fsp3) is 0.238. The minimum atomic E-state index is -0.945. The second-order valence-corrected chi connectivity index (χ2v) is 6.95. The molecule has 0 fully saturated rings. The van der Waals surface area contributed by atoms with Gasteiger partial charge in [0.25, 0.3) is 0 Å². The molecule has 0 aliphatic carbocycles. The first kappa shape index (κ1) is 19.0. The van der Waals surface area contributed by atoms with Gasteiger partial charge in [-0.2, -0.15) is 0 Å². The van der Waals surface area contributed by atoms with E-state index in [4.69, 9.17) is 16.3 Å². The van der Waals surface area contributed by atoms with Crippen LogP contribution in [0.25, 0.3) is 10.9 Å². The molecule has 3 rings (SSSR count). The van der Waals surface area contributed by atoms with E-state index in [1.165, 1.54) is 0 Å². The van der Waals surface area contributed by atoms with Crippen molar-refractivity contribution in [1.82, 2.24) is 4.57 Å². The van der Waals surface area contributed by atoms with E-state index in [1.54, 1.807) is 31.2 Å². The van der Waals surface area contributed by atoms with Crippen molar-refractivity contribution in [2.45, 2.75) is 33.4 Å². The predicted molar refractivity (Wildman–Crippen MR) is 105 cm³/mol. The minimum absolute atomic E-state index is 0.263. The fourth-order valence-electron chi connectivity index (χ4n) is 3.14. The summed E-state index contributed by atoms with van der Waals surface area (Å²) in [5.74, 6) is -0.369. The minimum Gasteiger partial charge on any atom is -0.483 e. The van der Waals surface area contributed by atoms with Gasteiger partial charge in [0.2, 0.25) is 0 Å². The number of aromatic carboxylic acids is 1. The van der Waals surface area contributed by atoms with Crippen molar-refractivity contribution in [3.05, 3.63) is 63.8 Å². The second-order valence-electron chi connectivity index (χ2n) is 6.55. The highest BCUT2D eigenvalue weighted by atomic mass is 35.5. The number of ether oxygens (including phenoxy) is 1. The number of carbonyl (C=O) groups excluding carboxylic acids is 1. The first-order valence-electron chi connectivity index (χ1n) is 8.55. The molecule has 2 aromatic carbocycles. The standard InChI is InChI=1S/C21H20ClNO4/c1-12(11-24)27-17-5-6-19(22)16(8-17)10-23-14(3)13(2)18-9-15(21(25)26)4-7-20(18)23/h4-9,11-12H,10H2,1-3H3,(H,25,26)/t12-/m0/s1. The number of fused-ring (bicyclic) bond motifs is 1. The summed E-state index contributed by atoms with van der Waals surface area (Å²) in [6, 6.07) is 10.4. The van der Waals surface area contributed by atoms with Crippen LogP contribution in [0.2, 0.25) is 5.02 Å². The number of hydrogen-bond acceptors (Lipinski definition) is 3. The molecule has 3 aromatic rings. The molecule has 0 saturated carbocycles. The molecule has 1 N–H and O–H groups in total. The van der Waals surface area contributed by atoms with Crippen LogP contribution in [0.4, 0.5) is 0 Å². The lowest BCUT2D eigenvalue weighted by molar-refractivity contribution is -0.113. The Hall–Kier alpha value is -2.79. The van der Waals surface area contributed by atoms with Gasteiger partial charge >= 0.3 is 5.97 Å². The Bertz CT molecular complexity index is 1040. The summed E-state index contributed by atoms with van der Waals surface area (Å²) < 4.78 is 7.66. The van der Waals surface area contributed by atoms with Gasteiger partial charge in [-0.25, -0.2) is 4.79 Å². The molecular formula is C21H20ClNO4. The van der Waals surface area contributed by atoms with Crippen LogP contribution in [0.3, 0.4) is 0 Å². The monoisotopic (exact) mass is 385 g/mol. The van der Waals surface area contributed by atoms with Crippen LogP contribution < -0.4 is 4.74 Å². The van der Waals surface area contributed by atoms with E-state index in [0.717, 1.165) is 34.0 Å². The molecule has 0 spiro atoms. The van der Waals surface area contributed by atoms with E-state index < -0.39 is 12.1 Å². The lowest BCUT2D eigenvalue weighted by Gasteiger charge is -2.14. The highest BCUT2D eigenvalue weighted by Gasteiger charge is 2.15. The Balaban J connectivity index is 2.04. The van der Waals surface area contributed by atoms with E-state index in [0.29, 0.717) is 17.3 Å². The van der Waals surface area contributed by atoms with Crippen molar-refractivity contribution >= 4 is 34.8 Å². The van der Waals surface area contributed by atoms with Gasteiger partial charge in [0.1, 0.15) is 5.75 Å². The van der Waals surface area contributed by atoms with Gasteiger partial charge in [-0.15, -0.1) is 0 Å². The van der Waals surface area contributed by atoms with Crippen molar-refractivity contribution < 1.29 is 19.4 Å². The maximum atomic E-state index is 11.3. The van der Waals surface area contributed by atoms with Gasteiger partial charge in [0, 0.05) is 28.2 Å². The molecule has 0 aliphatic heterocycles.